The number of amides is 3. The van der Waals surface area contributed by atoms with Crippen molar-refractivity contribution in [2.45, 2.75) is 13.8 Å². The summed E-state index contributed by atoms with van der Waals surface area (Å²) in [6.45, 7) is 6.50. The zero-order chi connectivity index (χ0) is 24.6. The number of ether oxygens (including phenoxy) is 2. The summed E-state index contributed by atoms with van der Waals surface area (Å²) in [5, 5.41) is 7.92. The Kier molecular flexibility index (Phi) is 7.63. The molecule has 2 aromatic heterocycles. The molecule has 0 atom stereocenters. The first-order valence-electron chi connectivity index (χ1n) is 11.1. The number of hydrogen-bond acceptors (Lipinski definition) is 9. The quantitative estimate of drug-likeness (QED) is 0.467. The maximum atomic E-state index is 12.3. The van der Waals surface area contributed by atoms with Crippen molar-refractivity contribution in [2.75, 3.05) is 53.8 Å². The van der Waals surface area contributed by atoms with Gasteiger partial charge in [0, 0.05) is 43.8 Å². The maximum absolute atomic E-state index is 12.3. The molecule has 182 valence electrons. The van der Waals surface area contributed by atoms with Crippen LogP contribution in [0.3, 0.4) is 0 Å². The lowest BCUT2D eigenvalue weighted by Crippen LogP contribution is -2.37. The number of urea groups is 1. The van der Waals surface area contributed by atoms with E-state index in [2.05, 4.69) is 40.8 Å². The topological polar surface area (TPSA) is 143 Å². The molecule has 3 amide bonds. The molecule has 0 aliphatic carbocycles. The van der Waals surface area contributed by atoms with Crippen molar-refractivity contribution in [2.24, 2.45) is 0 Å². The lowest BCUT2D eigenvalue weighted by molar-refractivity contribution is -0.114. The van der Waals surface area contributed by atoms with Crippen LogP contribution in [0.2, 0.25) is 0 Å². The summed E-state index contributed by atoms with van der Waals surface area (Å²) in [5.74, 6) is 1.72. The Balaban J connectivity index is 1.42. The van der Waals surface area contributed by atoms with E-state index in [0.717, 1.165) is 0 Å². The van der Waals surface area contributed by atoms with E-state index in [1.807, 2.05) is 6.92 Å². The van der Waals surface area contributed by atoms with E-state index in [1.165, 1.54) is 6.92 Å². The third-order valence-electron chi connectivity index (χ3n) is 4.95. The lowest BCUT2D eigenvalue weighted by Gasteiger charge is -2.29. The fraction of sp³-hybridized carbons (Fsp3) is 0.304. The fourth-order valence-electron chi connectivity index (χ4n) is 3.37. The zero-order valence-electron chi connectivity index (χ0n) is 19.4. The number of benzene rings is 1. The monoisotopic (exact) mass is 478 g/mol. The van der Waals surface area contributed by atoms with Gasteiger partial charge < -0.3 is 25.0 Å². The first-order valence-corrected chi connectivity index (χ1v) is 11.1. The molecule has 3 heterocycles. The van der Waals surface area contributed by atoms with Gasteiger partial charge in [-0.15, -0.1) is 0 Å². The molecule has 12 nitrogen and oxygen atoms in total. The molecule has 4 rings (SSSR count). The van der Waals surface area contributed by atoms with Crippen molar-refractivity contribution >= 4 is 35.1 Å². The number of morpholine rings is 1. The summed E-state index contributed by atoms with van der Waals surface area (Å²) in [7, 11) is 0. The van der Waals surface area contributed by atoms with E-state index in [-0.39, 0.29) is 11.9 Å². The molecular weight excluding hydrogens is 452 g/mol. The van der Waals surface area contributed by atoms with Gasteiger partial charge in [0.2, 0.25) is 11.9 Å². The van der Waals surface area contributed by atoms with Crippen LogP contribution < -0.4 is 25.6 Å². The van der Waals surface area contributed by atoms with Crippen LogP contribution in [0.15, 0.2) is 42.9 Å². The van der Waals surface area contributed by atoms with Crippen LogP contribution in [-0.4, -0.2) is 64.8 Å². The predicted molar refractivity (Wildman–Crippen MR) is 131 cm³/mol. The molecule has 3 aromatic rings. The van der Waals surface area contributed by atoms with E-state index >= 15 is 0 Å². The van der Waals surface area contributed by atoms with Gasteiger partial charge in [0.05, 0.1) is 31.6 Å². The van der Waals surface area contributed by atoms with Gasteiger partial charge in [0.25, 0.3) is 0 Å². The minimum absolute atomic E-state index is 0.125. The van der Waals surface area contributed by atoms with Crippen LogP contribution in [-0.2, 0) is 9.53 Å². The van der Waals surface area contributed by atoms with Crippen molar-refractivity contribution < 1.29 is 19.1 Å². The van der Waals surface area contributed by atoms with Gasteiger partial charge in [0.15, 0.2) is 17.4 Å². The molecular formula is C23H26N8O4. The van der Waals surface area contributed by atoms with Crippen molar-refractivity contribution in [3.63, 3.8) is 0 Å². The Morgan fingerprint density at radius 2 is 1.63 bits per heavy atom. The van der Waals surface area contributed by atoms with E-state index < -0.39 is 6.03 Å². The molecule has 0 saturated carbocycles. The molecule has 1 aliphatic rings. The van der Waals surface area contributed by atoms with Gasteiger partial charge in [-0.25, -0.2) is 24.7 Å². The van der Waals surface area contributed by atoms with Gasteiger partial charge in [-0.2, -0.15) is 0 Å². The summed E-state index contributed by atoms with van der Waals surface area (Å²) >= 11 is 0. The number of anilines is 4. The highest BCUT2D eigenvalue weighted by atomic mass is 16.5. The fourth-order valence-corrected chi connectivity index (χ4v) is 3.37. The molecule has 1 aromatic carbocycles. The average molecular weight is 479 g/mol. The van der Waals surface area contributed by atoms with Gasteiger partial charge in [-0.3, -0.25) is 10.1 Å². The summed E-state index contributed by atoms with van der Waals surface area (Å²) < 4.78 is 11.1. The van der Waals surface area contributed by atoms with E-state index in [9.17, 15) is 9.59 Å². The molecule has 1 fully saturated rings. The molecule has 0 radical (unpaired) electrons. The van der Waals surface area contributed by atoms with Gasteiger partial charge in [0.1, 0.15) is 0 Å². The molecule has 12 heteroatoms. The molecule has 1 saturated heterocycles. The van der Waals surface area contributed by atoms with Crippen molar-refractivity contribution in [3.8, 4) is 17.1 Å². The smallest absolute Gasteiger partial charge is 0.326 e. The SMILES string of the molecule is CCOc1cnc(-c2cnc(NC(=O)Nc3ccc(NC(C)=O)cc3)nc2)nc1N1CCOCC1. The second-order valence-corrected chi connectivity index (χ2v) is 7.55. The molecule has 3 N–H and O–H groups in total. The highest BCUT2D eigenvalue weighted by molar-refractivity contribution is 5.99. The lowest BCUT2D eigenvalue weighted by atomic mass is 10.3. The molecule has 0 bridgehead atoms. The Morgan fingerprint density at radius 3 is 2.26 bits per heavy atom. The molecule has 0 unspecified atom stereocenters. The number of nitrogens with one attached hydrogen (secondary N) is 3. The summed E-state index contributed by atoms with van der Waals surface area (Å²) in [6, 6.07) is 6.21. The van der Waals surface area contributed by atoms with Crippen molar-refractivity contribution in [1.82, 2.24) is 19.9 Å². The first kappa shape index (κ1) is 23.8. The standard InChI is InChI=1S/C23H26N8O4/c1-3-35-19-14-24-20(29-21(19)31-8-10-34-11-9-31)16-12-25-22(26-13-16)30-23(33)28-18-6-4-17(5-7-18)27-15(2)32/h4-7,12-14H,3,8-11H2,1-2H3,(H,27,32)(H2,25,26,28,30,33). The Labute approximate surface area is 202 Å². The number of aromatic nitrogens is 4. The van der Waals surface area contributed by atoms with Crippen LogP contribution in [0, 0.1) is 0 Å². The van der Waals surface area contributed by atoms with Crippen LogP contribution in [0.25, 0.3) is 11.4 Å². The van der Waals surface area contributed by atoms with Crippen LogP contribution in [0.4, 0.5) is 27.9 Å². The van der Waals surface area contributed by atoms with Gasteiger partial charge in [-0.1, -0.05) is 0 Å². The molecule has 35 heavy (non-hydrogen) atoms. The normalized spacial score (nSPS) is 13.1. The summed E-state index contributed by atoms with van der Waals surface area (Å²) in [4.78, 5) is 43.0. The van der Waals surface area contributed by atoms with Gasteiger partial charge in [-0.05, 0) is 31.2 Å². The second kappa shape index (κ2) is 11.2. The number of nitrogens with zero attached hydrogens (tertiary/aromatic N) is 5. The molecule has 1 aliphatic heterocycles. The largest absolute Gasteiger partial charge is 0.488 e. The summed E-state index contributed by atoms with van der Waals surface area (Å²) in [5.41, 5.74) is 1.78. The number of carbonyl (C=O) groups is 2. The van der Waals surface area contributed by atoms with Crippen molar-refractivity contribution in [1.29, 1.82) is 0 Å². The van der Waals surface area contributed by atoms with E-state index in [0.29, 0.717) is 67.2 Å². The predicted octanol–water partition coefficient (Wildman–Crippen LogP) is 2.77. The summed E-state index contributed by atoms with van der Waals surface area (Å²) in [6.07, 6.45) is 4.74. The number of hydrogen-bond donors (Lipinski definition) is 3. The number of rotatable bonds is 7. The highest BCUT2D eigenvalue weighted by Crippen LogP contribution is 2.28. The average Bonchev–Trinajstić information content (AvgIpc) is 2.86. The van der Waals surface area contributed by atoms with E-state index in [4.69, 9.17) is 9.47 Å². The second-order valence-electron chi connectivity index (χ2n) is 7.55. The Morgan fingerprint density at radius 1 is 0.971 bits per heavy atom. The van der Waals surface area contributed by atoms with Gasteiger partial charge >= 0.3 is 6.03 Å². The highest BCUT2D eigenvalue weighted by Gasteiger charge is 2.19. The Bertz CT molecular complexity index is 1170. The Hall–Kier alpha value is -4.32. The van der Waals surface area contributed by atoms with Crippen LogP contribution in [0.1, 0.15) is 13.8 Å². The minimum atomic E-state index is -0.503. The van der Waals surface area contributed by atoms with Crippen LogP contribution >= 0.6 is 0 Å². The first-order chi connectivity index (χ1) is 17.0. The maximum Gasteiger partial charge on any atom is 0.326 e. The molecule has 0 spiro atoms. The minimum Gasteiger partial charge on any atom is -0.488 e. The zero-order valence-corrected chi connectivity index (χ0v) is 19.4. The van der Waals surface area contributed by atoms with Crippen LogP contribution in [0.5, 0.6) is 5.75 Å². The van der Waals surface area contributed by atoms with E-state index in [1.54, 1.807) is 42.9 Å². The number of carbonyl (C=O) groups excluding carboxylic acids is 2. The van der Waals surface area contributed by atoms with Crippen molar-refractivity contribution in [3.05, 3.63) is 42.9 Å². The third kappa shape index (κ3) is 6.38. The third-order valence-corrected chi connectivity index (χ3v) is 4.95.